The van der Waals surface area contributed by atoms with Crippen LogP contribution in [0.2, 0.25) is 0 Å². The topological polar surface area (TPSA) is 75.4 Å². The van der Waals surface area contributed by atoms with E-state index in [9.17, 15) is 9.59 Å². The average Bonchev–Trinajstić information content (AvgIpc) is 3.04. The highest BCUT2D eigenvalue weighted by molar-refractivity contribution is 5.88. The zero-order valence-electron chi connectivity index (χ0n) is 14.8. The van der Waals surface area contributed by atoms with Gasteiger partial charge in [0, 0.05) is 19.5 Å². The normalized spacial score (nSPS) is 17.5. The third kappa shape index (κ3) is 7.82. The van der Waals surface area contributed by atoms with Crippen molar-refractivity contribution in [1.29, 1.82) is 0 Å². The highest BCUT2D eigenvalue weighted by Crippen LogP contribution is 2.19. The van der Waals surface area contributed by atoms with Crippen LogP contribution in [0.5, 0.6) is 0 Å². The molecule has 1 fully saturated rings. The maximum absolute atomic E-state index is 12.3. The Labute approximate surface area is 141 Å². The van der Waals surface area contributed by atoms with E-state index < -0.39 is 0 Å². The number of carbonyl (C=O) groups is 2. The van der Waals surface area contributed by atoms with Crippen LogP contribution < -0.4 is 11.1 Å². The summed E-state index contributed by atoms with van der Waals surface area (Å²) in [5.41, 5.74) is 5.46. The molecule has 0 aromatic heterocycles. The van der Waals surface area contributed by atoms with Gasteiger partial charge in [-0.15, -0.1) is 0 Å². The predicted octanol–water partition coefficient (Wildman–Crippen LogP) is 2.58. The zero-order valence-corrected chi connectivity index (χ0v) is 14.8. The van der Waals surface area contributed by atoms with Gasteiger partial charge < -0.3 is 16.0 Å². The van der Waals surface area contributed by atoms with Crippen LogP contribution in [-0.4, -0.2) is 42.4 Å². The third-order valence-corrected chi connectivity index (χ3v) is 4.55. The van der Waals surface area contributed by atoms with Crippen molar-refractivity contribution in [3.8, 4) is 0 Å². The maximum Gasteiger partial charge on any atom is 0.242 e. The number of nitrogens with two attached hydrogens (primary N) is 1. The molecule has 0 aromatic carbocycles. The van der Waals surface area contributed by atoms with Gasteiger partial charge in [0.1, 0.15) is 6.04 Å². The Bertz CT molecular complexity index is 315. The molecule has 0 aromatic rings. The van der Waals surface area contributed by atoms with E-state index in [0.717, 1.165) is 51.5 Å². The molecule has 1 atom stereocenters. The lowest BCUT2D eigenvalue weighted by Crippen LogP contribution is -2.46. The summed E-state index contributed by atoms with van der Waals surface area (Å²) in [6.45, 7) is 4.32. The van der Waals surface area contributed by atoms with Crippen LogP contribution in [0.15, 0.2) is 0 Å². The van der Waals surface area contributed by atoms with E-state index in [4.69, 9.17) is 5.73 Å². The molecule has 0 bridgehead atoms. The molecule has 134 valence electrons. The van der Waals surface area contributed by atoms with Crippen molar-refractivity contribution in [3.63, 3.8) is 0 Å². The molecule has 2 amide bonds. The first-order valence-corrected chi connectivity index (χ1v) is 9.48. The highest BCUT2D eigenvalue weighted by atomic mass is 16.2. The Balaban J connectivity index is 2.25. The lowest BCUT2D eigenvalue weighted by molar-refractivity contribution is -0.138. The molecule has 5 nitrogen and oxygen atoms in total. The summed E-state index contributed by atoms with van der Waals surface area (Å²) >= 11 is 0. The maximum atomic E-state index is 12.3. The first-order valence-electron chi connectivity index (χ1n) is 9.48. The minimum Gasteiger partial charge on any atom is -0.354 e. The molecule has 3 N–H and O–H groups in total. The Kier molecular flexibility index (Phi) is 10.7. The molecular formula is C18H35N3O2. The zero-order chi connectivity index (χ0) is 16.9. The molecule has 0 saturated carbocycles. The molecule has 0 radical (unpaired) electrons. The molecule has 0 spiro atoms. The van der Waals surface area contributed by atoms with E-state index in [0.29, 0.717) is 19.5 Å². The van der Waals surface area contributed by atoms with E-state index in [1.807, 2.05) is 0 Å². The molecule has 1 heterocycles. The first-order chi connectivity index (χ1) is 11.2. The minimum atomic E-state index is -0.243. The largest absolute Gasteiger partial charge is 0.354 e. The Morgan fingerprint density at radius 1 is 1.09 bits per heavy atom. The third-order valence-electron chi connectivity index (χ3n) is 4.55. The summed E-state index contributed by atoms with van der Waals surface area (Å²) in [6, 6.07) is -0.243. The number of hydrogen-bond donors (Lipinski definition) is 2. The second kappa shape index (κ2) is 12.3. The van der Waals surface area contributed by atoms with Crippen molar-refractivity contribution in [2.45, 2.75) is 83.6 Å². The van der Waals surface area contributed by atoms with Crippen molar-refractivity contribution >= 4 is 11.8 Å². The van der Waals surface area contributed by atoms with Crippen LogP contribution >= 0.6 is 0 Å². The molecule has 1 aliphatic heterocycles. The summed E-state index contributed by atoms with van der Waals surface area (Å²) in [7, 11) is 0. The van der Waals surface area contributed by atoms with Crippen LogP contribution in [0.4, 0.5) is 0 Å². The molecule has 1 rings (SSSR count). The van der Waals surface area contributed by atoms with Crippen molar-refractivity contribution < 1.29 is 9.59 Å². The first kappa shape index (κ1) is 19.9. The number of hydrogen-bond acceptors (Lipinski definition) is 3. The minimum absolute atomic E-state index is 0.0228. The fraction of sp³-hybridized carbons (Fsp3) is 0.889. The Hall–Kier alpha value is -1.10. The van der Waals surface area contributed by atoms with Gasteiger partial charge in [-0.2, -0.15) is 0 Å². The lowest BCUT2D eigenvalue weighted by atomic mass is 10.1. The van der Waals surface area contributed by atoms with E-state index >= 15 is 0 Å². The van der Waals surface area contributed by atoms with Crippen molar-refractivity contribution in [1.82, 2.24) is 10.2 Å². The summed E-state index contributed by atoms with van der Waals surface area (Å²) in [5.74, 6) is 0.178. The van der Waals surface area contributed by atoms with Gasteiger partial charge in [0.15, 0.2) is 0 Å². The molecule has 1 aliphatic rings. The number of amides is 2. The van der Waals surface area contributed by atoms with Crippen LogP contribution in [0.3, 0.4) is 0 Å². The summed E-state index contributed by atoms with van der Waals surface area (Å²) in [6.07, 6.45) is 11.1. The molecule has 5 heteroatoms. The van der Waals surface area contributed by atoms with Crippen LogP contribution in [0.25, 0.3) is 0 Å². The summed E-state index contributed by atoms with van der Waals surface area (Å²) in [4.78, 5) is 26.4. The van der Waals surface area contributed by atoms with Crippen LogP contribution in [-0.2, 0) is 9.59 Å². The van der Waals surface area contributed by atoms with Crippen molar-refractivity contribution in [3.05, 3.63) is 0 Å². The van der Waals surface area contributed by atoms with E-state index in [-0.39, 0.29) is 17.9 Å². The fourth-order valence-corrected chi connectivity index (χ4v) is 3.14. The predicted molar refractivity (Wildman–Crippen MR) is 94.0 cm³/mol. The number of rotatable bonds is 12. The molecule has 23 heavy (non-hydrogen) atoms. The van der Waals surface area contributed by atoms with E-state index in [1.165, 1.54) is 19.3 Å². The average molecular weight is 325 g/mol. The smallest absolute Gasteiger partial charge is 0.242 e. The second-order valence-corrected chi connectivity index (χ2v) is 6.55. The van der Waals surface area contributed by atoms with Crippen molar-refractivity contribution in [2.75, 3.05) is 19.6 Å². The van der Waals surface area contributed by atoms with Gasteiger partial charge in [-0.05, 0) is 38.6 Å². The van der Waals surface area contributed by atoms with Gasteiger partial charge in [0.2, 0.25) is 11.8 Å². The van der Waals surface area contributed by atoms with Gasteiger partial charge in [-0.3, -0.25) is 9.59 Å². The Morgan fingerprint density at radius 3 is 2.57 bits per heavy atom. The number of nitrogens with zero attached hydrogens (tertiary/aromatic N) is 1. The second-order valence-electron chi connectivity index (χ2n) is 6.55. The Morgan fingerprint density at radius 2 is 1.83 bits per heavy atom. The summed E-state index contributed by atoms with van der Waals surface area (Å²) in [5, 5.41) is 2.98. The number of carbonyl (C=O) groups excluding carboxylic acids is 2. The van der Waals surface area contributed by atoms with Crippen molar-refractivity contribution in [2.24, 2.45) is 5.73 Å². The molecule has 1 unspecified atom stereocenters. The van der Waals surface area contributed by atoms with Crippen LogP contribution in [0.1, 0.15) is 77.6 Å². The quantitative estimate of drug-likeness (QED) is 0.542. The molecule has 1 saturated heterocycles. The summed E-state index contributed by atoms with van der Waals surface area (Å²) < 4.78 is 0. The van der Waals surface area contributed by atoms with E-state index in [2.05, 4.69) is 12.2 Å². The number of nitrogens with one attached hydrogen (secondary N) is 1. The lowest BCUT2D eigenvalue weighted by Gasteiger charge is -2.24. The SMILES string of the molecule is CCCCCCCC(=O)N1CCCC1C(=O)NCCCCCN. The van der Waals surface area contributed by atoms with Gasteiger partial charge in [0.05, 0.1) is 0 Å². The molecular weight excluding hydrogens is 290 g/mol. The van der Waals surface area contributed by atoms with Gasteiger partial charge >= 0.3 is 0 Å². The fourth-order valence-electron chi connectivity index (χ4n) is 3.14. The molecule has 0 aliphatic carbocycles. The highest BCUT2D eigenvalue weighted by Gasteiger charge is 2.33. The number of likely N-dealkylation sites (tertiary alicyclic amines) is 1. The monoisotopic (exact) mass is 325 g/mol. The van der Waals surface area contributed by atoms with Gasteiger partial charge in [-0.1, -0.05) is 39.0 Å². The number of unbranched alkanes of at least 4 members (excludes halogenated alkanes) is 6. The standard InChI is InChI=1S/C18H35N3O2/c1-2-3-4-5-7-12-17(22)21-15-10-11-16(21)18(23)20-14-9-6-8-13-19/h16H,2-15,19H2,1H3,(H,20,23). The van der Waals surface area contributed by atoms with Crippen LogP contribution in [0, 0.1) is 0 Å². The van der Waals surface area contributed by atoms with Gasteiger partial charge in [0.25, 0.3) is 0 Å². The van der Waals surface area contributed by atoms with E-state index in [1.54, 1.807) is 4.90 Å². The van der Waals surface area contributed by atoms with Gasteiger partial charge in [-0.25, -0.2) is 0 Å².